The van der Waals surface area contributed by atoms with Crippen LogP contribution < -0.4 is 0 Å². The first-order valence-corrected chi connectivity index (χ1v) is 23.1. The number of hydrogen-bond acceptors (Lipinski definition) is 15. The molecule has 0 aromatic rings. The number of carbonyl (C=O) groups is 5. The van der Waals surface area contributed by atoms with Crippen molar-refractivity contribution in [3.8, 4) is 0 Å². The third-order valence-electron chi connectivity index (χ3n) is 8.90. The van der Waals surface area contributed by atoms with Crippen molar-refractivity contribution in [1.82, 2.24) is 0 Å². The first-order valence-electron chi connectivity index (χ1n) is 21.7. The van der Waals surface area contributed by atoms with Gasteiger partial charge in [-0.3, -0.25) is 23.4 Å². The summed E-state index contributed by atoms with van der Waals surface area (Å²) in [6.45, 7) is 3.68. The molecule has 0 saturated carbocycles. The molecule has 0 rings (SSSR count). The molecule has 3 atom stereocenters. The van der Waals surface area contributed by atoms with E-state index in [1.807, 2.05) is 0 Å². The average Bonchev–Trinajstić information content (AvgIpc) is 3.18. The average molecular weight is 855 g/mol. The Morgan fingerprint density at radius 1 is 0.466 bits per heavy atom. The summed E-state index contributed by atoms with van der Waals surface area (Å²) < 4.78 is 57.2. The maximum atomic E-state index is 12.8. The third kappa shape index (κ3) is 37.3. The fourth-order valence-electron chi connectivity index (χ4n) is 5.65. The Hall–Kier alpha value is -2.94. The minimum Gasteiger partial charge on any atom is -0.462 e. The number of hydrogen-bond donors (Lipinski definition) is 1. The third-order valence-corrected chi connectivity index (χ3v) is 9.85. The number of carbonyl (C=O) groups excluding carboxylic acids is 5. The lowest BCUT2D eigenvalue weighted by Crippen LogP contribution is -2.31. The van der Waals surface area contributed by atoms with E-state index in [1.54, 1.807) is 0 Å². The van der Waals surface area contributed by atoms with Gasteiger partial charge in [-0.25, -0.2) is 14.2 Å². The van der Waals surface area contributed by atoms with Crippen LogP contribution in [0.2, 0.25) is 0 Å². The highest BCUT2D eigenvalue weighted by Crippen LogP contribution is 2.43. The van der Waals surface area contributed by atoms with Gasteiger partial charge in [-0.05, 0) is 19.8 Å². The minimum absolute atomic E-state index is 0.00924. The summed E-state index contributed by atoms with van der Waals surface area (Å²) in [5, 5.41) is 0. The van der Waals surface area contributed by atoms with Crippen LogP contribution in [0, 0.1) is 0 Å². The van der Waals surface area contributed by atoms with E-state index in [2.05, 4.69) is 28.1 Å². The molecule has 340 valence electrons. The smallest absolute Gasteiger partial charge is 0.462 e. The predicted molar refractivity (Wildman–Crippen MR) is 216 cm³/mol. The van der Waals surface area contributed by atoms with Gasteiger partial charge in [0.05, 0.1) is 19.8 Å². The maximum absolute atomic E-state index is 12.8. The highest BCUT2D eigenvalue weighted by Gasteiger charge is 2.29. The van der Waals surface area contributed by atoms with Gasteiger partial charge in [-0.15, -0.1) is 0 Å². The van der Waals surface area contributed by atoms with Crippen LogP contribution in [0.3, 0.4) is 0 Å². The maximum Gasteiger partial charge on any atom is 0.511 e. The van der Waals surface area contributed by atoms with Crippen molar-refractivity contribution >= 4 is 38.0 Å². The largest absolute Gasteiger partial charge is 0.511 e. The van der Waals surface area contributed by atoms with Crippen molar-refractivity contribution in [2.24, 2.45) is 0 Å². The van der Waals surface area contributed by atoms with Gasteiger partial charge >= 0.3 is 38.0 Å². The number of esters is 3. The zero-order chi connectivity index (χ0) is 43.1. The summed E-state index contributed by atoms with van der Waals surface area (Å²) in [5.41, 5.74) is 0. The summed E-state index contributed by atoms with van der Waals surface area (Å²) in [7, 11) is -4.92. The summed E-state index contributed by atoms with van der Waals surface area (Å²) in [5.74, 6) is -1.79. The number of phosphoric acid groups is 1. The van der Waals surface area contributed by atoms with E-state index in [0.29, 0.717) is 12.8 Å². The molecule has 0 bridgehead atoms. The van der Waals surface area contributed by atoms with Gasteiger partial charge in [0.2, 0.25) is 6.79 Å². The van der Waals surface area contributed by atoms with E-state index in [4.69, 9.17) is 28.0 Å². The van der Waals surface area contributed by atoms with Crippen LogP contribution in [0.5, 0.6) is 0 Å². The van der Waals surface area contributed by atoms with Gasteiger partial charge in [0.15, 0.2) is 12.2 Å². The van der Waals surface area contributed by atoms with Crippen LogP contribution >= 0.6 is 7.82 Å². The van der Waals surface area contributed by atoms with Gasteiger partial charge in [0.25, 0.3) is 0 Å². The van der Waals surface area contributed by atoms with E-state index in [1.165, 1.54) is 90.4 Å². The van der Waals surface area contributed by atoms with Crippen LogP contribution in [0.1, 0.15) is 182 Å². The highest BCUT2D eigenvalue weighted by atomic mass is 31.2. The summed E-state index contributed by atoms with van der Waals surface area (Å²) >= 11 is 0. The van der Waals surface area contributed by atoms with E-state index in [-0.39, 0.29) is 19.4 Å². The quantitative estimate of drug-likeness (QED) is 0.0201. The number of ether oxygens (including phenoxy) is 7. The van der Waals surface area contributed by atoms with Gasteiger partial charge < -0.3 is 38.1 Å². The highest BCUT2D eigenvalue weighted by molar-refractivity contribution is 7.47. The molecule has 17 heteroatoms. The molecule has 0 aliphatic carbocycles. The second kappa shape index (κ2) is 38.3. The first kappa shape index (κ1) is 55.1. The van der Waals surface area contributed by atoms with Crippen molar-refractivity contribution < 1.29 is 75.6 Å². The first-order chi connectivity index (χ1) is 27.9. The molecule has 0 spiro atoms. The normalized spacial score (nSPS) is 13.1. The summed E-state index contributed by atoms with van der Waals surface area (Å²) in [6, 6.07) is 0. The number of rotatable bonds is 39. The lowest BCUT2D eigenvalue weighted by Gasteiger charge is -2.21. The van der Waals surface area contributed by atoms with Gasteiger partial charge in [0.1, 0.15) is 13.2 Å². The van der Waals surface area contributed by atoms with E-state index < -0.39 is 83.5 Å². The topological polar surface area (TPSA) is 206 Å². The molecule has 2 unspecified atom stereocenters. The Kier molecular flexibility index (Phi) is 36.3. The Morgan fingerprint density at radius 2 is 0.879 bits per heavy atom. The fourth-order valence-corrected chi connectivity index (χ4v) is 6.43. The molecule has 0 aromatic carbocycles. The Bertz CT molecular complexity index is 1120. The van der Waals surface area contributed by atoms with Crippen molar-refractivity contribution in [3.05, 3.63) is 0 Å². The van der Waals surface area contributed by atoms with Crippen molar-refractivity contribution in [3.63, 3.8) is 0 Å². The SMILES string of the molecule is CCCCCCCCCCCCCC(=O)OC[C@H](COP(=O)(O)OCC(COC(=O)OCC)OC(=O)OCOC(C)=O)OC(=O)CCCCCCCCCCCCC. The molecule has 0 aliphatic heterocycles. The lowest BCUT2D eigenvalue weighted by atomic mass is 10.1. The van der Waals surface area contributed by atoms with Crippen molar-refractivity contribution in [2.45, 2.75) is 194 Å². The minimum atomic E-state index is -4.92. The number of unbranched alkanes of at least 4 members (excludes halogenated alkanes) is 20. The van der Waals surface area contributed by atoms with Crippen LogP contribution in [0.25, 0.3) is 0 Å². The van der Waals surface area contributed by atoms with Crippen LogP contribution in [0.4, 0.5) is 9.59 Å². The molecular weight excluding hydrogens is 779 g/mol. The molecule has 0 fully saturated rings. The van der Waals surface area contributed by atoms with E-state index in [9.17, 15) is 33.4 Å². The van der Waals surface area contributed by atoms with Crippen molar-refractivity contribution in [2.75, 3.05) is 39.8 Å². The predicted octanol–water partition coefficient (Wildman–Crippen LogP) is 10.2. The van der Waals surface area contributed by atoms with Crippen molar-refractivity contribution in [1.29, 1.82) is 0 Å². The van der Waals surface area contributed by atoms with Gasteiger partial charge in [0, 0.05) is 19.8 Å². The summed E-state index contributed by atoms with van der Waals surface area (Å²) in [6.07, 6.45) is 19.8. The molecule has 58 heavy (non-hydrogen) atoms. The zero-order valence-electron chi connectivity index (χ0n) is 35.9. The standard InChI is InChI=1S/C41H75O16P/c1-5-8-10-12-14-16-18-20-22-24-26-28-38(43)50-30-36(56-39(44)29-27-25-23-21-19-17-15-13-11-9-6-2)32-54-58(47,48)55-33-37(31-51-40(45)49-7-3)57-41(46)53-34-52-35(4)42/h36-37H,5-34H2,1-4H3,(H,47,48)/t36-,37?/m1/s1. The van der Waals surface area contributed by atoms with E-state index in [0.717, 1.165) is 51.9 Å². The second-order valence-corrected chi connectivity index (χ2v) is 15.8. The molecule has 0 amide bonds. The molecule has 16 nitrogen and oxygen atoms in total. The molecule has 0 heterocycles. The van der Waals surface area contributed by atoms with Crippen LogP contribution in [-0.4, -0.2) is 87.1 Å². The molecule has 1 N–H and O–H groups in total. The fraction of sp³-hybridized carbons (Fsp3) is 0.878. The number of phosphoric ester groups is 1. The second-order valence-electron chi connectivity index (χ2n) is 14.3. The Labute approximate surface area is 347 Å². The molecule has 0 aromatic heterocycles. The Balaban J connectivity index is 5.06. The monoisotopic (exact) mass is 854 g/mol. The summed E-state index contributed by atoms with van der Waals surface area (Å²) in [4.78, 5) is 70.3. The molecular formula is C41H75O16P. The zero-order valence-corrected chi connectivity index (χ0v) is 36.8. The van der Waals surface area contributed by atoms with Crippen LogP contribution in [-0.2, 0) is 61.2 Å². The molecule has 0 aliphatic rings. The van der Waals surface area contributed by atoms with E-state index >= 15 is 0 Å². The molecule has 0 radical (unpaired) electrons. The van der Waals surface area contributed by atoms with Crippen LogP contribution in [0.15, 0.2) is 0 Å². The molecule has 0 saturated heterocycles. The van der Waals surface area contributed by atoms with Gasteiger partial charge in [-0.1, -0.05) is 142 Å². The van der Waals surface area contributed by atoms with Gasteiger partial charge in [-0.2, -0.15) is 0 Å². The lowest BCUT2D eigenvalue weighted by molar-refractivity contribution is -0.161. The Morgan fingerprint density at radius 3 is 1.33 bits per heavy atom.